The molecule has 0 aromatic carbocycles. The van der Waals surface area contributed by atoms with Gasteiger partial charge in [-0.05, 0) is 33.6 Å². The number of ether oxygens (including phenoxy) is 1. The molecular formula is C10H18N2O4S. The van der Waals surface area contributed by atoms with Crippen molar-refractivity contribution in [2.45, 2.75) is 45.3 Å². The highest BCUT2D eigenvalue weighted by Gasteiger charge is 2.26. The molecule has 0 spiro atoms. The Morgan fingerprint density at radius 2 is 1.82 bits per heavy atom. The van der Waals surface area contributed by atoms with Crippen molar-refractivity contribution in [3.05, 3.63) is 0 Å². The van der Waals surface area contributed by atoms with Gasteiger partial charge in [-0.2, -0.15) is 12.8 Å². The number of piperidine rings is 1. The van der Waals surface area contributed by atoms with Crippen LogP contribution in [0.2, 0.25) is 0 Å². The first-order valence-corrected chi connectivity index (χ1v) is 6.59. The van der Waals surface area contributed by atoms with Gasteiger partial charge in [0.25, 0.3) is 0 Å². The van der Waals surface area contributed by atoms with Gasteiger partial charge in [-0.25, -0.2) is 4.79 Å². The maximum Gasteiger partial charge on any atom is 0.410 e. The Hall–Kier alpha value is -1.11. The van der Waals surface area contributed by atoms with E-state index in [1.54, 1.807) is 4.90 Å². The van der Waals surface area contributed by atoms with Crippen LogP contribution in [0.3, 0.4) is 0 Å². The molecule has 0 N–H and O–H groups in total. The molecule has 0 bridgehead atoms. The third-order valence-corrected chi connectivity index (χ3v) is 2.82. The summed E-state index contributed by atoms with van der Waals surface area (Å²) in [5.74, 6) is 0. The number of amides is 1. The minimum atomic E-state index is -2.36. The lowest BCUT2D eigenvalue weighted by atomic mass is 10.1. The smallest absolute Gasteiger partial charge is 0.410 e. The van der Waals surface area contributed by atoms with Gasteiger partial charge < -0.3 is 9.64 Å². The van der Waals surface area contributed by atoms with Crippen LogP contribution in [0.1, 0.15) is 33.6 Å². The van der Waals surface area contributed by atoms with Crippen LogP contribution in [0.25, 0.3) is 0 Å². The first-order valence-electron chi connectivity index (χ1n) is 5.56. The highest BCUT2D eigenvalue weighted by atomic mass is 32.2. The number of hydrogen-bond donors (Lipinski definition) is 0. The van der Waals surface area contributed by atoms with Crippen molar-refractivity contribution in [3.8, 4) is 0 Å². The zero-order valence-electron chi connectivity index (χ0n) is 10.3. The topological polar surface area (TPSA) is 76.0 Å². The number of likely N-dealkylation sites (tertiary alicyclic amines) is 1. The van der Waals surface area contributed by atoms with E-state index in [2.05, 4.69) is 4.36 Å². The minimum absolute atomic E-state index is 0.202. The number of carbonyl (C=O) groups is 1. The van der Waals surface area contributed by atoms with Crippen molar-refractivity contribution in [1.82, 2.24) is 4.90 Å². The second-order valence-corrected chi connectivity index (χ2v) is 5.67. The average Bonchev–Trinajstić information content (AvgIpc) is 2.15. The van der Waals surface area contributed by atoms with Crippen LogP contribution in [0, 0.1) is 0 Å². The minimum Gasteiger partial charge on any atom is -0.444 e. The molecule has 0 aliphatic carbocycles. The quantitative estimate of drug-likeness (QED) is 0.716. The lowest BCUT2D eigenvalue weighted by Gasteiger charge is -2.31. The number of carbonyl (C=O) groups excluding carboxylic acids is 1. The molecule has 0 aromatic rings. The zero-order chi connectivity index (χ0) is 13.1. The molecule has 7 heteroatoms. The van der Waals surface area contributed by atoms with Crippen LogP contribution in [0.15, 0.2) is 4.36 Å². The molecule has 0 saturated carbocycles. The van der Waals surface area contributed by atoms with Gasteiger partial charge in [0.05, 0.1) is 6.04 Å². The molecule has 17 heavy (non-hydrogen) atoms. The second kappa shape index (κ2) is 5.48. The van der Waals surface area contributed by atoms with Gasteiger partial charge in [0, 0.05) is 13.1 Å². The van der Waals surface area contributed by atoms with Gasteiger partial charge in [-0.3, -0.25) is 0 Å². The summed E-state index contributed by atoms with van der Waals surface area (Å²) < 4.78 is 29.6. The SMILES string of the molecule is CC(C)(C)OC(=O)N1CCC(N=S(=O)=O)CC1. The van der Waals surface area contributed by atoms with Gasteiger partial charge >= 0.3 is 16.6 Å². The predicted molar refractivity (Wildman–Crippen MR) is 62.2 cm³/mol. The molecule has 1 aliphatic rings. The fourth-order valence-corrected chi connectivity index (χ4v) is 2.06. The molecule has 1 heterocycles. The molecule has 98 valence electrons. The van der Waals surface area contributed by atoms with Crippen LogP contribution in [-0.4, -0.2) is 44.1 Å². The predicted octanol–water partition coefficient (Wildman–Crippen LogP) is 1.45. The van der Waals surface area contributed by atoms with E-state index in [1.807, 2.05) is 20.8 Å². The monoisotopic (exact) mass is 262 g/mol. The van der Waals surface area contributed by atoms with E-state index in [4.69, 9.17) is 4.74 Å². The van der Waals surface area contributed by atoms with Crippen LogP contribution < -0.4 is 0 Å². The van der Waals surface area contributed by atoms with Crippen LogP contribution >= 0.6 is 0 Å². The van der Waals surface area contributed by atoms with Gasteiger partial charge in [-0.15, -0.1) is 0 Å². The summed E-state index contributed by atoms with van der Waals surface area (Å²) in [4.78, 5) is 13.3. The highest BCUT2D eigenvalue weighted by molar-refractivity contribution is 7.61. The molecular weight excluding hydrogens is 244 g/mol. The number of hydrogen-bond acceptors (Lipinski definition) is 5. The van der Waals surface area contributed by atoms with Crippen LogP contribution in [-0.2, 0) is 15.2 Å². The summed E-state index contributed by atoms with van der Waals surface area (Å²) in [5.41, 5.74) is -0.505. The fraction of sp³-hybridized carbons (Fsp3) is 0.900. The van der Waals surface area contributed by atoms with Gasteiger partial charge in [-0.1, -0.05) is 0 Å². The molecule has 1 aliphatic heterocycles. The Labute approximate surface area is 103 Å². The standard InChI is InChI=1S/C10H18N2O4S/c1-10(2,3)16-9(13)12-6-4-8(5-7-12)11-17(14)15/h8H,4-7H2,1-3H3. The summed E-state index contributed by atoms with van der Waals surface area (Å²) in [5, 5.41) is 0. The summed E-state index contributed by atoms with van der Waals surface area (Å²) in [6.45, 7) is 6.41. The van der Waals surface area contributed by atoms with E-state index in [9.17, 15) is 13.2 Å². The molecule has 1 amide bonds. The summed E-state index contributed by atoms with van der Waals surface area (Å²) >= 11 is 0. The average molecular weight is 262 g/mol. The lowest BCUT2D eigenvalue weighted by Crippen LogP contribution is -2.42. The first-order chi connectivity index (χ1) is 7.78. The van der Waals surface area contributed by atoms with Gasteiger partial charge in [0.1, 0.15) is 5.60 Å². The molecule has 0 aromatic heterocycles. The van der Waals surface area contributed by atoms with Gasteiger partial charge in [0.15, 0.2) is 0 Å². The first kappa shape index (κ1) is 14.0. The maximum absolute atomic E-state index is 11.7. The van der Waals surface area contributed by atoms with Crippen molar-refractivity contribution in [3.63, 3.8) is 0 Å². The van der Waals surface area contributed by atoms with Crippen LogP contribution in [0.5, 0.6) is 0 Å². The Morgan fingerprint density at radius 3 is 2.24 bits per heavy atom. The van der Waals surface area contributed by atoms with E-state index in [0.29, 0.717) is 25.9 Å². The van der Waals surface area contributed by atoms with E-state index >= 15 is 0 Å². The van der Waals surface area contributed by atoms with Crippen LogP contribution in [0.4, 0.5) is 4.79 Å². The van der Waals surface area contributed by atoms with Crippen molar-refractivity contribution in [2.75, 3.05) is 13.1 Å². The highest BCUT2D eigenvalue weighted by Crippen LogP contribution is 2.17. The Bertz CT molecular complexity index is 395. The lowest BCUT2D eigenvalue weighted by molar-refractivity contribution is 0.0207. The Morgan fingerprint density at radius 1 is 1.29 bits per heavy atom. The molecule has 1 saturated heterocycles. The number of nitrogens with zero attached hydrogens (tertiary/aromatic N) is 2. The third kappa shape index (κ3) is 5.16. The molecule has 6 nitrogen and oxygen atoms in total. The third-order valence-electron chi connectivity index (χ3n) is 2.35. The van der Waals surface area contributed by atoms with Crippen molar-refractivity contribution in [1.29, 1.82) is 0 Å². The Balaban J connectivity index is 2.47. The normalized spacial score (nSPS) is 17.7. The summed E-state index contributed by atoms with van der Waals surface area (Å²) in [7, 11) is -2.36. The van der Waals surface area contributed by atoms with Crippen molar-refractivity contribution < 1.29 is 17.9 Å². The van der Waals surface area contributed by atoms with Crippen molar-refractivity contribution in [2.24, 2.45) is 4.36 Å². The second-order valence-electron chi connectivity index (χ2n) is 5.02. The molecule has 0 radical (unpaired) electrons. The molecule has 0 atom stereocenters. The summed E-state index contributed by atoms with van der Waals surface area (Å²) in [6, 6.07) is -0.202. The molecule has 1 fully saturated rings. The van der Waals surface area contributed by atoms with Crippen molar-refractivity contribution >= 4 is 16.6 Å². The molecule has 1 rings (SSSR count). The van der Waals surface area contributed by atoms with E-state index in [0.717, 1.165) is 0 Å². The van der Waals surface area contributed by atoms with E-state index in [-0.39, 0.29) is 12.1 Å². The van der Waals surface area contributed by atoms with Gasteiger partial charge in [0.2, 0.25) is 0 Å². The molecule has 0 unspecified atom stereocenters. The largest absolute Gasteiger partial charge is 0.444 e. The summed E-state index contributed by atoms with van der Waals surface area (Å²) in [6.07, 6.45) is 0.777. The van der Waals surface area contributed by atoms with E-state index < -0.39 is 16.1 Å². The Kier molecular flexibility index (Phi) is 4.50. The zero-order valence-corrected chi connectivity index (χ0v) is 11.2. The number of rotatable bonds is 1. The van der Waals surface area contributed by atoms with E-state index in [1.165, 1.54) is 0 Å². The maximum atomic E-state index is 11.7. The fourth-order valence-electron chi connectivity index (χ4n) is 1.60.